The molecule has 0 aromatic heterocycles. The molecule has 0 amide bonds. The molecular formula is C14H14O3. The summed E-state index contributed by atoms with van der Waals surface area (Å²) >= 11 is 0. The summed E-state index contributed by atoms with van der Waals surface area (Å²) in [6.45, 7) is 1.98. The van der Waals surface area contributed by atoms with Crippen LogP contribution in [0.3, 0.4) is 0 Å². The highest BCUT2D eigenvalue weighted by molar-refractivity contribution is 5.85. The minimum absolute atomic E-state index is 0.267. The molecule has 0 heterocycles. The average Bonchev–Trinajstić information content (AvgIpc) is 2.37. The normalized spacial score (nSPS) is 12.4. The lowest BCUT2D eigenvalue weighted by Gasteiger charge is -2.10. The summed E-state index contributed by atoms with van der Waals surface area (Å²) in [5.74, 6) is -0.609. The zero-order chi connectivity index (χ0) is 12.3. The van der Waals surface area contributed by atoms with Crippen LogP contribution >= 0.6 is 0 Å². The Labute approximate surface area is 99.6 Å². The van der Waals surface area contributed by atoms with Crippen molar-refractivity contribution < 1.29 is 14.6 Å². The van der Waals surface area contributed by atoms with Crippen LogP contribution in [0, 0.1) is 0 Å². The molecule has 88 valence electrons. The van der Waals surface area contributed by atoms with Crippen LogP contribution in [-0.2, 0) is 9.53 Å². The number of carbonyl (C=O) groups excluding carboxylic acids is 1. The molecule has 1 N–H and O–H groups in total. The third kappa shape index (κ3) is 2.45. The minimum atomic E-state index is -1.21. The van der Waals surface area contributed by atoms with Gasteiger partial charge in [0.1, 0.15) is 0 Å². The first-order valence-corrected chi connectivity index (χ1v) is 5.55. The van der Waals surface area contributed by atoms with Gasteiger partial charge in [0.2, 0.25) is 0 Å². The fraction of sp³-hybridized carbons (Fsp3) is 0.214. The fourth-order valence-electron chi connectivity index (χ4n) is 1.74. The quantitative estimate of drug-likeness (QED) is 0.824. The SMILES string of the molecule is CCOC(=O)[C@@H](O)c1ccc2ccccc2c1. The second-order valence-electron chi connectivity index (χ2n) is 3.76. The van der Waals surface area contributed by atoms with Crippen molar-refractivity contribution in [1.29, 1.82) is 0 Å². The van der Waals surface area contributed by atoms with Gasteiger partial charge in [-0.25, -0.2) is 4.79 Å². The van der Waals surface area contributed by atoms with Gasteiger partial charge < -0.3 is 9.84 Å². The number of aliphatic hydroxyl groups excluding tert-OH is 1. The van der Waals surface area contributed by atoms with E-state index in [-0.39, 0.29) is 6.61 Å². The van der Waals surface area contributed by atoms with E-state index >= 15 is 0 Å². The molecule has 0 saturated heterocycles. The van der Waals surface area contributed by atoms with Crippen molar-refractivity contribution in [3.8, 4) is 0 Å². The largest absolute Gasteiger partial charge is 0.464 e. The van der Waals surface area contributed by atoms with Gasteiger partial charge in [0, 0.05) is 0 Å². The van der Waals surface area contributed by atoms with Gasteiger partial charge in [-0.1, -0.05) is 36.4 Å². The van der Waals surface area contributed by atoms with E-state index in [0.29, 0.717) is 5.56 Å². The molecule has 0 radical (unpaired) electrons. The third-order valence-electron chi connectivity index (χ3n) is 2.60. The van der Waals surface area contributed by atoms with Crippen LogP contribution in [0.4, 0.5) is 0 Å². The van der Waals surface area contributed by atoms with Gasteiger partial charge in [-0.05, 0) is 29.3 Å². The number of benzene rings is 2. The highest BCUT2D eigenvalue weighted by Crippen LogP contribution is 2.21. The van der Waals surface area contributed by atoms with Crippen LogP contribution < -0.4 is 0 Å². The highest BCUT2D eigenvalue weighted by Gasteiger charge is 2.18. The number of aliphatic hydroxyl groups is 1. The lowest BCUT2D eigenvalue weighted by molar-refractivity contribution is -0.153. The van der Waals surface area contributed by atoms with E-state index < -0.39 is 12.1 Å². The van der Waals surface area contributed by atoms with Crippen LogP contribution in [0.25, 0.3) is 10.8 Å². The summed E-state index contributed by atoms with van der Waals surface area (Å²) in [5, 5.41) is 11.9. The van der Waals surface area contributed by atoms with Crippen molar-refractivity contribution >= 4 is 16.7 Å². The summed E-state index contributed by atoms with van der Waals surface area (Å²) in [4.78, 5) is 11.4. The van der Waals surface area contributed by atoms with Gasteiger partial charge in [0.05, 0.1) is 6.61 Å². The van der Waals surface area contributed by atoms with E-state index in [4.69, 9.17) is 4.74 Å². The summed E-state index contributed by atoms with van der Waals surface area (Å²) in [6, 6.07) is 13.2. The second-order valence-corrected chi connectivity index (χ2v) is 3.76. The first-order valence-electron chi connectivity index (χ1n) is 5.55. The van der Waals surface area contributed by atoms with Crippen molar-refractivity contribution in [2.75, 3.05) is 6.61 Å². The number of hydrogen-bond acceptors (Lipinski definition) is 3. The van der Waals surface area contributed by atoms with Crippen LogP contribution in [-0.4, -0.2) is 17.7 Å². The molecule has 3 heteroatoms. The van der Waals surface area contributed by atoms with E-state index in [1.165, 1.54) is 0 Å². The van der Waals surface area contributed by atoms with Gasteiger partial charge in [0.15, 0.2) is 6.10 Å². The summed E-state index contributed by atoms with van der Waals surface area (Å²) < 4.78 is 4.78. The van der Waals surface area contributed by atoms with Gasteiger partial charge in [-0.2, -0.15) is 0 Å². The summed E-state index contributed by atoms with van der Waals surface area (Å²) in [7, 11) is 0. The number of ether oxygens (including phenoxy) is 1. The molecule has 0 aliphatic rings. The third-order valence-corrected chi connectivity index (χ3v) is 2.60. The monoisotopic (exact) mass is 230 g/mol. The van der Waals surface area contributed by atoms with Crippen LogP contribution in [0.15, 0.2) is 42.5 Å². The molecule has 0 aliphatic heterocycles. The van der Waals surface area contributed by atoms with Crippen molar-refractivity contribution in [3.05, 3.63) is 48.0 Å². The summed E-state index contributed by atoms with van der Waals surface area (Å²) in [5.41, 5.74) is 0.558. The maximum atomic E-state index is 11.4. The Hall–Kier alpha value is -1.87. The van der Waals surface area contributed by atoms with Crippen molar-refractivity contribution in [2.45, 2.75) is 13.0 Å². The van der Waals surface area contributed by atoms with Gasteiger partial charge in [-0.15, -0.1) is 0 Å². The van der Waals surface area contributed by atoms with Gasteiger partial charge in [0.25, 0.3) is 0 Å². The maximum absolute atomic E-state index is 11.4. The van der Waals surface area contributed by atoms with E-state index in [9.17, 15) is 9.90 Å². The number of rotatable bonds is 3. The topological polar surface area (TPSA) is 46.5 Å². The Bertz CT molecular complexity index is 534. The molecule has 17 heavy (non-hydrogen) atoms. The molecule has 2 aromatic carbocycles. The van der Waals surface area contributed by atoms with Crippen LogP contribution in [0.5, 0.6) is 0 Å². The smallest absolute Gasteiger partial charge is 0.339 e. The molecule has 1 atom stereocenters. The number of hydrogen-bond donors (Lipinski definition) is 1. The van der Waals surface area contributed by atoms with E-state index in [0.717, 1.165) is 10.8 Å². The molecule has 0 fully saturated rings. The first kappa shape index (κ1) is 11.6. The van der Waals surface area contributed by atoms with Crippen LogP contribution in [0.2, 0.25) is 0 Å². The molecule has 2 rings (SSSR count). The van der Waals surface area contributed by atoms with E-state index in [1.807, 2.05) is 30.3 Å². The average molecular weight is 230 g/mol. The predicted octanol–water partition coefficient (Wildman–Crippen LogP) is 2.44. The molecular weight excluding hydrogens is 216 g/mol. The zero-order valence-electron chi connectivity index (χ0n) is 9.59. The Morgan fingerprint density at radius 2 is 1.94 bits per heavy atom. The number of esters is 1. The second kappa shape index (κ2) is 4.97. The minimum Gasteiger partial charge on any atom is -0.464 e. The molecule has 0 spiro atoms. The number of fused-ring (bicyclic) bond motifs is 1. The maximum Gasteiger partial charge on any atom is 0.339 e. The predicted molar refractivity (Wildman–Crippen MR) is 65.5 cm³/mol. The molecule has 3 nitrogen and oxygen atoms in total. The standard InChI is InChI=1S/C14H14O3/c1-2-17-14(16)13(15)12-8-7-10-5-3-4-6-11(10)9-12/h3-9,13,15H,2H2,1H3/t13-/m0/s1. The Balaban J connectivity index is 2.32. The molecule has 0 bridgehead atoms. The molecule has 0 aliphatic carbocycles. The van der Waals surface area contributed by atoms with E-state index in [1.54, 1.807) is 19.1 Å². The zero-order valence-corrected chi connectivity index (χ0v) is 9.59. The lowest BCUT2D eigenvalue weighted by Crippen LogP contribution is -2.15. The Kier molecular flexibility index (Phi) is 3.40. The lowest BCUT2D eigenvalue weighted by atomic mass is 10.0. The fourth-order valence-corrected chi connectivity index (χ4v) is 1.74. The molecule has 0 saturated carbocycles. The number of carbonyl (C=O) groups is 1. The molecule has 0 unspecified atom stereocenters. The van der Waals surface area contributed by atoms with Crippen molar-refractivity contribution in [1.82, 2.24) is 0 Å². The van der Waals surface area contributed by atoms with Crippen molar-refractivity contribution in [2.24, 2.45) is 0 Å². The molecule has 2 aromatic rings. The van der Waals surface area contributed by atoms with E-state index in [2.05, 4.69) is 0 Å². The highest BCUT2D eigenvalue weighted by atomic mass is 16.5. The Morgan fingerprint density at radius 1 is 1.24 bits per heavy atom. The van der Waals surface area contributed by atoms with Crippen LogP contribution in [0.1, 0.15) is 18.6 Å². The Morgan fingerprint density at radius 3 is 2.65 bits per heavy atom. The first-order chi connectivity index (χ1) is 8.22. The van der Waals surface area contributed by atoms with Crippen molar-refractivity contribution in [3.63, 3.8) is 0 Å². The van der Waals surface area contributed by atoms with Gasteiger partial charge in [-0.3, -0.25) is 0 Å². The van der Waals surface area contributed by atoms with Gasteiger partial charge >= 0.3 is 5.97 Å². The summed E-state index contributed by atoms with van der Waals surface area (Å²) in [6.07, 6.45) is -1.21.